The van der Waals surface area contributed by atoms with Crippen molar-refractivity contribution in [1.29, 1.82) is 0 Å². The predicted molar refractivity (Wildman–Crippen MR) is 191 cm³/mol. The van der Waals surface area contributed by atoms with Crippen molar-refractivity contribution in [1.82, 2.24) is 29.5 Å². The minimum atomic E-state index is -0.105. The molecule has 2 aliphatic heterocycles. The predicted octanol–water partition coefficient (Wildman–Crippen LogP) is 4.88. The minimum Gasteiger partial charge on any atom is -0.493 e. The number of anilines is 1. The second-order valence-corrected chi connectivity index (χ2v) is 14.0. The molecule has 12 heteroatoms. The number of methoxy groups -OCH3 is 2. The van der Waals surface area contributed by atoms with Crippen molar-refractivity contribution in [3.63, 3.8) is 0 Å². The number of rotatable bonds is 10. The average molecular weight is 687 g/mol. The van der Waals surface area contributed by atoms with Crippen molar-refractivity contribution in [3.05, 3.63) is 70.6 Å². The highest BCUT2D eigenvalue weighted by molar-refractivity contribution is 6.31. The quantitative estimate of drug-likeness (QED) is 0.233. The zero-order chi connectivity index (χ0) is 34.0. The monoisotopic (exact) mass is 686 g/mol. The molecule has 0 bridgehead atoms. The molecule has 1 saturated carbocycles. The van der Waals surface area contributed by atoms with Crippen LogP contribution in [0.4, 0.5) is 5.82 Å². The number of ether oxygens (including phenoxy) is 2. The van der Waals surface area contributed by atoms with Crippen LogP contribution in [0.2, 0.25) is 5.02 Å². The van der Waals surface area contributed by atoms with Gasteiger partial charge in [0, 0.05) is 49.2 Å². The van der Waals surface area contributed by atoms with Crippen molar-refractivity contribution >= 4 is 34.4 Å². The van der Waals surface area contributed by atoms with Crippen molar-refractivity contribution in [2.45, 2.75) is 57.0 Å². The summed E-state index contributed by atoms with van der Waals surface area (Å²) in [5, 5.41) is 6.24. The third-order valence-electron chi connectivity index (χ3n) is 11.0. The first-order valence-electron chi connectivity index (χ1n) is 17.6. The molecule has 3 aliphatic rings. The van der Waals surface area contributed by atoms with Gasteiger partial charge in [0.15, 0.2) is 17.1 Å². The van der Waals surface area contributed by atoms with E-state index in [-0.39, 0.29) is 17.4 Å². The Balaban J connectivity index is 1.02. The SMILES string of the molecule is COc1cc2c(cc1OC)[C@]1(CC[C@@H](C(=O)N3CCN(c4ncnc5c4cnn5Cc4ccccc4Cl)CC3)CC1)N(CCCCN)CC2. The van der Waals surface area contributed by atoms with Gasteiger partial charge in [-0.15, -0.1) is 0 Å². The largest absolute Gasteiger partial charge is 0.493 e. The number of halogens is 1. The van der Waals surface area contributed by atoms with E-state index in [1.54, 1.807) is 20.5 Å². The number of hydrogen-bond donors (Lipinski definition) is 1. The van der Waals surface area contributed by atoms with Gasteiger partial charge in [0.05, 0.1) is 32.3 Å². The van der Waals surface area contributed by atoms with E-state index >= 15 is 0 Å². The summed E-state index contributed by atoms with van der Waals surface area (Å²) in [5.74, 6) is 2.73. The lowest BCUT2D eigenvalue weighted by Crippen LogP contribution is -2.55. The summed E-state index contributed by atoms with van der Waals surface area (Å²) in [6.07, 6.45) is 10.2. The smallest absolute Gasteiger partial charge is 0.225 e. The highest BCUT2D eigenvalue weighted by Crippen LogP contribution is 2.50. The molecule has 1 spiro atoms. The Bertz CT molecular complexity index is 1780. The maximum atomic E-state index is 14.0. The number of nitrogens with two attached hydrogens (primary N) is 1. The summed E-state index contributed by atoms with van der Waals surface area (Å²) in [6.45, 7) is 6.03. The molecule has 0 unspecified atom stereocenters. The second-order valence-electron chi connectivity index (χ2n) is 13.5. The van der Waals surface area contributed by atoms with Gasteiger partial charge in [-0.1, -0.05) is 29.8 Å². The standard InChI is InChI=1S/C37H47ClN8O3/c1-48-32-21-27-11-16-45(15-6-5-14-39)37(30(27)22-33(32)49-2)12-9-26(10-13-37)36(47)44-19-17-43(18-20-44)34-29-23-42-46(35(29)41-25-40-34)24-28-7-3-4-8-31(28)38/h3-4,7-8,21-23,25-26H,5-6,9-20,24,39H2,1-2H3/t26-,37-. The maximum Gasteiger partial charge on any atom is 0.225 e. The van der Waals surface area contributed by atoms with Crippen LogP contribution in [0.15, 0.2) is 48.9 Å². The van der Waals surface area contributed by atoms with E-state index in [4.69, 9.17) is 26.8 Å². The number of benzene rings is 2. The molecule has 0 radical (unpaired) electrons. The third-order valence-corrected chi connectivity index (χ3v) is 11.4. The van der Waals surface area contributed by atoms with Crippen LogP contribution in [0.1, 0.15) is 55.2 Å². The van der Waals surface area contributed by atoms with Gasteiger partial charge in [0.25, 0.3) is 0 Å². The molecule has 2 N–H and O–H groups in total. The normalized spacial score (nSPS) is 21.3. The van der Waals surface area contributed by atoms with Gasteiger partial charge in [-0.05, 0) is 92.9 Å². The van der Waals surface area contributed by atoms with Gasteiger partial charge >= 0.3 is 0 Å². The lowest BCUT2D eigenvalue weighted by molar-refractivity contribution is -0.138. The Morgan fingerprint density at radius 3 is 2.49 bits per heavy atom. The van der Waals surface area contributed by atoms with E-state index < -0.39 is 0 Å². The van der Waals surface area contributed by atoms with Crippen LogP contribution in [0, 0.1) is 5.92 Å². The number of fused-ring (bicyclic) bond motifs is 3. The van der Waals surface area contributed by atoms with E-state index in [2.05, 4.69) is 41.9 Å². The highest BCUT2D eigenvalue weighted by atomic mass is 35.5. The van der Waals surface area contributed by atoms with Gasteiger partial charge in [-0.25, -0.2) is 14.6 Å². The number of piperazine rings is 1. The molecule has 1 saturated heterocycles. The summed E-state index contributed by atoms with van der Waals surface area (Å²) in [4.78, 5) is 30.2. The lowest BCUT2D eigenvalue weighted by Gasteiger charge is -2.52. The topological polar surface area (TPSA) is 115 Å². The molecule has 4 aromatic rings. The Hall–Kier alpha value is -3.93. The van der Waals surface area contributed by atoms with E-state index in [9.17, 15) is 4.79 Å². The molecule has 2 fully saturated rings. The zero-order valence-electron chi connectivity index (χ0n) is 28.6. The molecule has 11 nitrogen and oxygen atoms in total. The van der Waals surface area contributed by atoms with Crippen LogP contribution in [-0.2, 0) is 23.3 Å². The number of nitrogens with zero attached hydrogens (tertiary/aromatic N) is 7. The van der Waals surface area contributed by atoms with E-state index in [0.29, 0.717) is 44.3 Å². The van der Waals surface area contributed by atoms with Crippen LogP contribution < -0.4 is 20.1 Å². The van der Waals surface area contributed by atoms with Gasteiger partial charge in [-0.2, -0.15) is 5.10 Å². The molecule has 49 heavy (non-hydrogen) atoms. The number of carbonyl (C=O) groups is 1. The molecule has 1 amide bonds. The number of carbonyl (C=O) groups excluding carboxylic acids is 1. The van der Waals surface area contributed by atoms with Gasteiger partial charge in [0.1, 0.15) is 12.1 Å². The van der Waals surface area contributed by atoms with Crippen LogP contribution in [0.5, 0.6) is 11.5 Å². The number of hydrogen-bond acceptors (Lipinski definition) is 9. The molecular weight excluding hydrogens is 640 g/mol. The average Bonchev–Trinajstić information content (AvgIpc) is 3.56. The summed E-state index contributed by atoms with van der Waals surface area (Å²) >= 11 is 6.42. The van der Waals surface area contributed by atoms with Gasteiger partial charge in [-0.3, -0.25) is 9.69 Å². The highest BCUT2D eigenvalue weighted by Gasteiger charge is 2.47. The Morgan fingerprint density at radius 2 is 1.76 bits per heavy atom. The fourth-order valence-electron chi connectivity index (χ4n) is 8.33. The first kappa shape index (κ1) is 33.6. The first-order valence-corrected chi connectivity index (χ1v) is 18.0. The fourth-order valence-corrected chi connectivity index (χ4v) is 8.53. The molecule has 7 rings (SSSR count). The maximum absolute atomic E-state index is 14.0. The Morgan fingerprint density at radius 1 is 1.00 bits per heavy atom. The number of unbranched alkanes of at least 4 members (excludes halogenated alkanes) is 1. The second kappa shape index (κ2) is 14.5. The molecular formula is C37H47ClN8O3. The number of amides is 1. The molecule has 2 aromatic carbocycles. The third kappa shape index (κ3) is 6.44. The summed E-state index contributed by atoms with van der Waals surface area (Å²) in [6, 6.07) is 12.2. The van der Waals surface area contributed by atoms with Crippen LogP contribution in [-0.4, -0.2) is 95.5 Å². The summed E-state index contributed by atoms with van der Waals surface area (Å²) in [7, 11) is 3.40. The molecule has 260 valence electrons. The first-order chi connectivity index (χ1) is 24.0. The van der Waals surface area contributed by atoms with Crippen LogP contribution in [0.25, 0.3) is 11.0 Å². The fraction of sp³-hybridized carbons (Fsp3) is 0.514. The van der Waals surface area contributed by atoms with Crippen molar-refractivity contribution in [2.24, 2.45) is 11.7 Å². The minimum absolute atomic E-state index is 0.0300. The molecule has 2 aromatic heterocycles. The van der Waals surface area contributed by atoms with Crippen LogP contribution >= 0.6 is 11.6 Å². The Kier molecular flexibility index (Phi) is 9.94. The number of aromatic nitrogens is 4. The van der Waals surface area contributed by atoms with Crippen molar-refractivity contribution in [3.8, 4) is 11.5 Å². The van der Waals surface area contributed by atoms with Crippen LogP contribution in [0.3, 0.4) is 0 Å². The van der Waals surface area contributed by atoms with Crippen molar-refractivity contribution < 1.29 is 14.3 Å². The Labute approximate surface area is 293 Å². The van der Waals surface area contributed by atoms with Gasteiger partial charge < -0.3 is 25.0 Å². The molecule has 0 atom stereocenters. The zero-order valence-corrected chi connectivity index (χ0v) is 29.4. The lowest BCUT2D eigenvalue weighted by atomic mass is 9.68. The van der Waals surface area contributed by atoms with Gasteiger partial charge in [0.2, 0.25) is 5.91 Å². The molecule has 1 aliphatic carbocycles. The van der Waals surface area contributed by atoms with Crippen molar-refractivity contribution in [2.75, 3.05) is 64.9 Å². The van der Waals surface area contributed by atoms with E-state index in [1.165, 1.54) is 11.1 Å². The molecule has 4 heterocycles. The summed E-state index contributed by atoms with van der Waals surface area (Å²) < 4.78 is 13.3. The van der Waals surface area contributed by atoms with E-state index in [1.807, 2.05) is 35.1 Å². The van der Waals surface area contributed by atoms with E-state index in [0.717, 1.165) is 91.9 Å². The summed E-state index contributed by atoms with van der Waals surface area (Å²) in [5.41, 5.74) is 10.2.